The summed E-state index contributed by atoms with van der Waals surface area (Å²) in [5.74, 6) is 0.858. The second kappa shape index (κ2) is 4.10. The maximum atomic E-state index is 10.3. The zero-order valence-corrected chi connectivity index (χ0v) is 10.4. The molecule has 0 fully saturated rings. The largest absolute Gasteiger partial charge is 0.507 e. The van der Waals surface area contributed by atoms with Crippen LogP contribution in [0.2, 0.25) is 0 Å². The van der Waals surface area contributed by atoms with Crippen molar-refractivity contribution in [2.24, 2.45) is 5.73 Å². The molecule has 0 aliphatic heterocycles. The van der Waals surface area contributed by atoms with Gasteiger partial charge >= 0.3 is 0 Å². The lowest BCUT2D eigenvalue weighted by Gasteiger charge is -2.18. The fourth-order valence-electron chi connectivity index (χ4n) is 2.67. The van der Waals surface area contributed by atoms with E-state index in [-0.39, 0.29) is 6.04 Å². The van der Waals surface area contributed by atoms with E-state index in [4.69, 9.17) is 5.73 Å². The lowest BCUT2D eigenvalue weighted by atomic mass is 9.90. The molecule has 2 nitrogen and oxygen atoms in total. The average molecular weight is 219 g/mol. The summed E-state index contributed by atoms with van der Waals surface area (Å²) in [5.41, 5.74) is 10.7. The quantitative estimate of drug-likeness (QED) is 0.802. The maximum absolute atomic E-state index is 10.3. The predicted octanol–water partition coefficient (Wildman–Crippen LogP) is 3.16. The van der Waals surface area contributed by atoms with Gasteiger partial charge in [0.05, 0.1) is 0 Å². The Morgan fingerprint density at radius 1 is 1.56 bits per heavy atom. The van der Waals surface area contributed by atoms with Crippen molar-refractivity contribution >= 4 is 0 Å². The van der Waals surface area contributed by atoms with Gasteiger partial charge in [0.15, 0.2) is 0 Å². The fourth-order valence-corrected chi connectivity index (χ4v) is 2.67. The van der Waals surface area contributed by atoms with Crippen LogP contribution < -0.4 is 5.73 Å². The third kappa shape index (κ3) is 1.61. The molecule has 88 valence electrons. The number of aryl methyl sites for hydroxylation is 1. The van der Waals surface area contributed by atoms with Crippen LogP contribution in [0.3, 0.4) is 0 Å². The van der Waals surface area contributed by atoms with E-state index < -0.39 is 0 Å². The van der Waals surface area contributed by atoms with Gasteiger partial charge in [-0.3, -0.25) is 0 Å². The molecule has 0 saturated carbocycles. The molecule has 0 unspecified atom stereocenters. The highest BCUT2D eigenvalue weighted by Crippen LogP contribution is 2.42. The Morgan fingerprint density at radius 2 is 2.25 bits per heavy atom. The second-order valence-corrected chi connectivity index (χ2v) is 4.98. The minimum atomic E-state index is 0.0257. The number of phenols is 1. The van der Waals surface area contributed by atoms with Crippen LogP contribution in [0.5, 0.6) is 5.75 Å². The normalized spacial score (nSPS) is 20.9. The molecular formula is C14H21NO. The van der Waals surface area contributed by atoms with Crippen molar-refractivity contribution in [2.45, 2.75) is 52.0 Å². The molecule has 0 amide bonds. The van der Waals surface area contributed by atoms with E-state index in [1.54, 1.807) is 0 Å². The number of hydrogen-bond acceptors (Lipinski definition) is 2. The van der Waals surface area contributed by atoms with E-state index in [1.807, 2.05) is 0 Å². The van der Waals surface area contributed by atoms with Crippen LogP contribution in [0, 0.1) is 6.92 Å². The predicted molar refractivity (Wildman–Crippen MR) is 66.8 cm³/mol. The summed E-state index contributed by atoms with van der Waals surface area (Å²) in [5, 5.41) is 10.3. The van der Waals surface area contributed by atoms with Crippen molar-refractivity contribution in [2.75, 3.05) is 0 Å². The lowest BCUT2D eigenvalue weighted by Crippen LogP contribution is -2.07. The van der Waals surface area contributed by atoms with Crippen molar-refractivity contribution in [1.82, 2.24) is 0 Å². The third-order valence-corrected chi connectivity index (χ3v) is 3.92. The van der Waals surface area contributed by atoms with Crippen LogP contribution in [-0.2, 0) is 6.42 Å². The molecule has 1 aliphatic rings. The van der Waals surface area contributed by atoms with Crippen molar-refractivity contribution in [3.8, 4) is 5.75 Å². The van der Waals surface area contributed by atoms with E-state index >= 15 is 0 Å². The van der Waals surface area contributed by atoms with Crippen molar-refractivity contribution in [3.05, 3.63) is 28.3 Å². The second-order valence-electron chi connectivity index (χ2n) is 4.98. The molecular weight excluding hydrogens is 198 g/mol. The molecule has 2 heteroatoms. The third-order valence-electron chi connectivity index (χ3n) is 3.92. The Balaban J connectivity index is 2.59. The minimum absolute atomic E-state index is 0.0257. The summed E-state index contributed by atoms with van der Waals surface area (Å²) in [6.07, 6.45) is 3.02. The molecule has 16 heavy (non-hydrogen) atoms. The van der Waals surface area contributed by atoms with Gasteiger partial charge in [0.2, 0.25) is 0 Å². The van der Waals surface area contributed by atoms with Crippen molar-refractivity contribution < 1.29 is 5.11 Å². The Bertz CT molecular complexity index is 412. The molecule has 0 spiro atoms. The topological polar surface area (TPSA) is 46.2 Å². The average Bonchev–Trinajstić information content (AvgIpc) is 2.65. The maximum Gasteiger partial charge on any atom is 0.124 e. The Labute approximate surface area is 97.5 Å². The van der Waals surface area contributed by atoms with Gasteiger partial charge < -0.3 is 10.8 Å². The van der Waals surface area contributed by atoms with Crippen LogP contribution in [0.1, 0.15) is 60.9 Å². The van der Waals surface area contributed by atoms with Crippen molar-refractivity contribution in [1.29, 1.82) is 0 Å². The van der Waals surface area contributed by atoms with E-state index in [1.165, 1.54) is 11.1 Å². The first kappa shape index (κ1) is 11.5. The molecule has 1 aromatic rings. The Kier molecular flexibility index (Phi) is 2.94. The summed E-state index contributed by atoms with van der Waals surface area (Å²) in [7, 11) is 0. The first-order valence-corrected chi connectivity index (χ1v) is 6.17. The number of nitrogens with two attached hydrogens (primary N) is 1. The SMILES string of the molecule is CC[C@@H](C)c1cc(C)c2c(c1O)[C@@H](N)CC2. The highest BCUT2D eigenvalue weighted by molar-refractivity contribution is 5.54. The van der Waals surface area contributed by atoms with Gasteiger partial charge in [0.25, 0.3) is 0 Å². The summed E-state index contributed by atoms with van der Waals surface area (Å²) in [4.78, 5) is 0. The van der Waals surface area contributed by atoms with Crippen LogP contribution >= 0.6 is 0 Å². The minimum Gasteiger partial charge on any atom is -0.507 e. The molecule has 1 aromatic carbocycles. The molecule has 2 atom stereocenters. The highest BCUT2D eigenvalue weighted by atomic mass is 16.3. The molecule has 2 rings (SSSR count). The van der Waals surface area contributed by atoms with Gasteiger partial charge in [-0.2, -0.15) is 0 Å². The zero-order valence-electron chi connectivity index (χ0n) is 10.4. The van der Waals surface area contributed by atoms with Gasteiger partial charge in [0, 0.05) is 11.6 Å². The van der Waals surface area contributed by atoms with E-state index in [2.05, 4.69) is 26.8 Å². The van der Waals surface area contributed by atoms with Gasteiger partial charge in [-0.15, -0.1) is 0 Å². The summed E-state index contributed by atoms with van der Waals surface area (Å²) < 4.78 is 0. The molecule has 0 bridgehead atoms. The van der Waals surface area contributed by atoms with Crippen LogP contribution in [0.15, 0.2) is 6.07 Å². The molecule has 1 aliphatic carbocycles. The monoisotopic (exact) mass is 219 g/mol. The number of aromatic hydroxyl groups is 1. The highest BCUT2D eigenvalue weighted by Gasteiger charge is 2.27. The summed E-state index contributed by atoms with van der Waals surface area (Å²) in [6, 6.07) is 2.16. The van der Waals surface area contributed by atoms with Gasteiger partial charge in [0.1, 0.15) is 5.75 Å². The van der Waals surface area contributed by atoms with Gasteiger partial charge in [-0.1, -0.05) is 19.9 Å². The van der Waals surface area contributed by atoms with E-state index in [9.17, 15) is 5.11 Å². The molecule has 0 radical (unpaired) electrons. The summed E-state index contributed by atoms with van der Waals surface area (Å²) in [6.45, 7) is 6.43. The molecule has 0 heterocycles. The smallest absolute Gasteiger partial charge is 0.124 e. The first-order valence-electron chi connectivity index (χ1n) is 6.17. The number of fused-ring (bicyclic) bond motifs is 1. The number of phenolic OH excluding ortho intramolecular Hbond substituents is 1. The number of benzene rings is 1. The fraction of sp³-hybridized carbons (Fsp3) is 0.571. The van der Waals surface area contributed by atoms with E-state index in [0.29, 0.717) is 11.7 Å². The van der Waals surface area contributed by atoms with Gasteiger partial charge in [-0.05, 0) is 48.8 Å². The van der Waals surface area contributed by atoms with Crippen LogP contribution in [0.4, 0.5) is 0 Å². The number of hydrogen-bond donors (Lipinski definition) is 2. The Morgan fingerprint density at radius 3 is 2.88 bits per heavy atom. The number of rotatable bonds is 2. The zero-order chi connectivity index (χ0) is 11.9. The van der Waals surface area contributed by atoms with Gasteiger partial charge in [-0.25, -0.2) is 0 Å². The van der Waals surface area contributed by atoms with E-state index in [0.717, 1.165) is 30.4 Å². The lowest BCUT2D eigenvalue weighted by molar-refractivity contribution is 0.450. The van der Waals surface area contributed by atoms with Crippen LogP contribution in [0.25, 0.3) is 0 Å². The molecule has 0 saturated heterocycles. The molecule has 3 N–H and O–H groups in total. The standard InChI is InChI=1S/C14H21NO/c1-4-8(2)11-7-9(3)10-5-6-12(15)13(10)14(11)16/h7-8,12,16H,4-6,15H2,1-3H3/t8-,12+/m1/s1. The molecule has 0 aromatic heterocycles. The van der Waals surface area contributed by atoms with Crippen molar-refractivity contribution in [3.63, 3.8) is 0 Å². The first-order chi connectivity index (χ1) is 7.56. The van der Waals surface area contributed by atoms with Crippen LogP contribution in [-0.4, -0.2) is 5.11 Å². The Hall–Kier alpha value is -1.02. The summed E-state index contributed by atoms with van der Waals surface area (Å²) >= 11 is 0.